The molecule has 8 heteroatoms. The minimum atomic E-state index is -3.95. The number of hydrogen-bond donors (Lipinski definition) is 2. The van der Waals surface area contributed by atoms with Crippen LogP contribution in [0.4, 0.5) is 0 Å². The summed E-state index contributed by atoms with van der Waals surface area (Å²) in [5.74, 6) is 1.16. The van der Waals surface area contributed by atoms with Gasteiger partial charge in [0.25, 0.3) is 10.1 Å². The fraction of sp³-hybridized carbons (Fsp3) is 0.447. The van der Waals surface area contributed by atoms with E-state index in [0.717, 1.165) is 32.1 Å². The summed E-state index contributed by atoms with van der Waals surface area (Å²) in [6.45, 7) is 7.69. The predicted octanol–water partition coefficient (Wildman–Crippen LogP) is 6.74. The average molecular weight is 646 g/mol. The van der Waals surface area contributed by atoms with Crippen LogP contribution in [0.15, 0.2) is 104 Å². The van der Waals surface area contributed by atoms with Crippen LogP contribution in [0.5, 0.6) is 0 Å². The lowest BCUT2D eigenvalue weighted by Gasteiger charge is -2.29. The normalized spacial score (nSPS) is 15.2. The minimum Gasteiger partial charge on any atom is -0.387 e. The van der Waals surface area contributed by atoms with E-state index in [2.05, 4.69) is 103 Å². The molecular weight excluding hydrogens is 595 g/mol. The van der Waals surface area contributed by atoms with Gasteiger partial charge in [0.1, 0.15) is 12.6 Å². The number of aliphatic hydroxyl groups is 1. The monoisotopic (exact) mass is 645 g/mol. The third kappa shape index (κ3) is 11.1. The molecular formula is C38H51N3O4S+2. The van der Waals surface area contributed by atoms with Crippen molar-refractivity contribution in [1.82, 2.24) is 4.98 Å². The Morgan fingerprint density at radius 2 is 1.24 bits per heavy atom. The molecule has 7 nitrogen and oxygen atoms in total. The van der Waals surface area contributed by atoms with Crippen LogP contribution in [0.1, 0.15) is 105 Å². The highest BCUT2D eigenvalue weighted by molar-refractivity contribution is 7.85. The van der Waals surface area contributed by atoms with Crippen molar-refractivity contribution >= 4 is 10.1 Å². The molecule has 0 spiro atoms. The standard InChI is InChI=1S/C38H50N3O4S/c1-4-31(34-14-21-40(22-15-34)20-9-25-46(43,44)45)27-37(35-16-23-41(24-17-35)29-38(42)5-2)28-36(33-12-18-39-19-13-33)26-30(3)32-10-7-6-8-11-32/h6-8,10-19,21-24,30-31,36-38,42H,4-5,9,20,25-29H2,1-3H3/q+1/p+1. The minimum absolute atomic E-state index is 0.239. The lowest BCUT2D eigenvalue weighted by Crippen LogP contribution is -2.39. The van der Waals surface area contributed by atoms with E-state index in [4.69, 9.17) is 4.55 Å². The molecule has 5 atom stereocenters. The topological polar surface area (TPSA) is 95.2 Å². The Morgan fingerprint density at radius 1 is 0.696 bits per heavy atom. The fourth-order valence-electron chi connectivity index (χ4n) is 6.50. The third-order valence-electron chi connectivity index (χ3n) is 9.30. The summed E-state index contributed by atoms with van der Waals surface area (Å²) in [6, 6.07) is 23.9. The van der Waals surface area contributed by atoms with Crippen LogP contribution in [0.3, 0.4) is 0 Å². The van der Waals surface area contributed by atoms with E-state index in [1.165, 1.54) is 22.3 Å². The lowest BCUT2D eigenvalue weighted by molar-refractivity contribution is -0.703. The molecule has 0 fully saturated rings. The maximum atomic E-state index is 11.1. The molecule has 4 aromatic rings. The average Bonchev–Trinajstić information content (AvgIpc) is 3.07. The van der Waals surface area contributed by atoms with Crippen LogP contribution in [-0.4, -0.2) is 34.9 Å². The van der Waals surface area contributed by atoms with Crippen molar-refractivity contribution in [1.29, 1.82) is 0 Å². The Morgan fingerprint density at radius 3 is 1.83 bits per heavy atom. The Bertz CT molecular complexity index is 1550. The first-order valence-electron chi connectivity index (χ1n) is 16.7. The Kier molecular flexibility index (Phi) is 13.4. The lowest BCUT2D eigenvalue weighted by atomic mass is 9.75. The van der Waals surface area contributed by atoms with E-state index in [1.807, 2.05) is 36.3 Å². The maximum absolute atomic E-state index is 11.1. The summed E-state index contributed by atoms with van der Waals surface area (Å²) in [5, 5.41) is 10.2. The molecule has 46 heavy (non-hydrogen) atoms. The van der Waals surface area contributed by atoms with Gasteiger partial charge < -0.3 is 5.11 Å². The van der Waals surface area contributed by atoms with Gasteiger partial charge in [-0.3, -0.25) is 9.54 Å². The molecule has 4 rings (SSSR count). The van der Waals surface area contributed by atoms with Gasteiger partial charge in [0.15, 0.2) is 31.3 Å². The zero-order chi connectivity index (χ0) is 32.9. The Labute approximate surface area is 275 Å². The molecule has 2 N–H and O–H groups in total. The third-order valence-corrected chi connectivity index (χ3v) is 10.1. The second-order valence-electron chi connectivity index (χ2n) is 12.7. The van der Waals surface area contributed by atoms with E-state index >= 15 is 0 Å². The van der Waals surface area contributed by atoms with Crippen LogP contribution >= 0.6 is 0 Å². The number of aliphatic hydroxyl groups excluding tert-OH is 1. The zero-order valence-corrected chi connectivity index (χ0v) is 28.3. The number of rotatable bonds is 18. The molecule has 3 aromatic heterocycles. The highest BCUT2D eigenvalue weighted by Crippen LogP contribution is 2.41. The Balaban J connectivity index is 1.60. The van der Waals surface area contributed by atoms with Crippen LogP contribution < -0.4 is 9.13 Å². The largest absolute Gasteiger partial charge is 0.387 e. The van der Waals surface area contributed by atoms with Gasteiger partial charge in [-0.2, -0.15) is 8.42 Å². The first kappa shape index (κ1) is 35.4. The molecule has 0 bridgehead atoms. The van der Waals surface area contributed by atoms with Gasteiger partial charge in [0.05, 0.1) is 5.75 Å². The number of hydrogen-bond acceptors (Lipinski definition) is 4. The molecule has 0 aliphatic carbocycles. The summed E-state index contributed by atoms with van der Waals surface area (Å²) < 4.78 is 35.4. The van der Waals surface area contributed by atoms with E-state index in [1.54, 1.807) is 0 Å². The highest BCUT2D eigenvalue weighted by atomic mass is 32.2. The highest BCUT2D eigenvalue weighted by Gasteiger charge is 2.26. The van der Waals surface area contributed by atoms with Crippen LogP contribution in [0.2, 0.25) is 0 Å². The number of aromatic nitrogens is 3. The molecule has 3 heterocycles. The first-order valence-corrected chi connectivity index (χ1v) is 18.3. The van der Waals surface area contributed by atoms with Crippen molar-refractivity contribution in [3.05, 3.63) is 126 Å². The van der Waals surface area contributed by atoms with Gasteiger partial charge in [0, 0.05) is 43.1 Å². The van der Waals surface area contributed by atoms with Crippen molar-refractivity contribution in [2.45, 2.75) is 102 Å². The number of aryl methyl sites for hydroxylation is 1. The van der Waals surface area contributed by atoms with E-state index in [9.17, 15) is 13.5 Å². The molecule has 5 unspecified atom stereocenters. The predicted molar refractivity (Wildman–Crippen MR) is 182 cm³/mol. The number of benzene rings is 1. The summed E-state index contributed by atoms with van der Waals surface area (Å²) in [5.41, 5.74) is 5.25. The molecule has 0 amide bonds. The van der Waals surface area contributed by atoms with E-state index in [-0.39, 0.29) is 11.9 Å². The molecule has 0 saturated heterocycles. The quantitative estimate of drug-likeness (QED) is 0.0923. The summed E-state index contributed by atoms with van der Waals surface area (Å²) in [7, 11) is -3.95. The second-order valence-corrected chi connectivity index (χ2v) is 14.3. The molecule has 0 radical (unpaired) electrons. The van der Waals surface area contributed by atoms with Gasteiger partial charge in [0.2, 0.25) is 0 Å². The van der Waals surface area contributed by atoms with Crippen molar-refractivity contribution in [3.63, 3.8) is 0 Å². The molecule has 1 aromatic carbocycles. The number of pyridine rings is 3. The van der Waals surface area contributed by atoms with Crippen LogP contribution in [-0.2, 0) is 23.2 Å². The molecule has 0 aliphatic rings. The van der Waals surface area contributed by atoms with Gasteiger partial charge in [-0.05, 0) is 90.2 Å². The number of nitrogens with zero attached hydrogens (tertiary/aromatic N) is 3. The van der Waals surface area contributed by atoms with Gasteiger partial charge in [-0.25, -0.2) is 9.13 Å². The van der Waals surface area contributed by atoms with Crippen molar-refractivity contribution in [3.8, 4) is 0 Å². The first-order chi connectivity index (χ1) is 22.1. The van der Waals surface area contributed by atoms with Crippen molar-refractivity contribution in [2.24, 2.45) is 0 Å². The summed E-state index contributed by atoms with van der Waals surface area (Å²) in [6.07, 6.45) is 16.8. The summed E-state index contributed by atoms with van der Waals surface area (Å²) in [4.78, 5) is 4.31. The SMILES string of the molecule is CCC(O)C[n+]1ccc(C(CC(CC)c2cc[n+](CCCS(=O)(=O)O)cc2)CC(CC(C)c2ccccc2)c2ccncc2)cc1. The Hall–Kier alpha value is -3.46. The van der Waals surface area contributed by atoms with Gasteiger partial charge >= 0.3 is 0 Å². The smallest absolute Gasteiger partial charge is 0.265 e. The van der Waals surface area contributed by atoms with E-state index in [0.29, 0.717) is 43.2 Å². The maximum Gasteiger partial charge on any atom is 0.265 e. The molecule has 246 valence electrons. The van der Waals surface area contributed by atoms with Crippen LogP contribution in [0, 0.1) is 0 Å². The van der Waals surface area contributed by atoms with Gasteiger partial charge in [-0.15, -0.1) is 0 Å². The molecule has 0 aliphatic heterocycles. The van der Waals surface area contributed by atoms with Crippen molar-refractivity contribution < 1.29 is 27.2 Å². The molecule has 0 saturated carbocycles. The fourth-order valence-corrected chi connectivity index (χ4v) is 6.99. The summed E-state index contributed by atoms with van der Waals surface area (Å²) >= 11 is 0. The second kappa shape index (κ2) is 17.5. The van der Waals surface area contributed by atoms with E-state index < -0.39 is 10.1 Å². The van der Waals surface area contributed by atoms with Gasteiger partial charge in [-0.1, -0.05) is 51.1 Å². The van der Waals surface area contributed by atoms with Crippen molar-refractivity contribution in [2.75, 3.05) is 5.75 Å². The van der Waals surface area contributed by atoms with Crippen LogP contribution in [0.25, 0.3) is 0 Å². The zero-order valence-electron chi connectivity index (χ0n) is 27.5.